The van der Waals surface area contributed by atoms with Gasteiger partial charge in [0.05, 0.1) is 7.11 Å². The van der Waals surface area contributed by atoms with E-state index < -0.39 is 5.25 Å². The molecule has 1 heterocycles. The molecule has 0 unspecified atom stereocenters. The molecule has 1 atom stereocenters. The van der Waals surface area contributed by atoms with Crippen LogP contribution < -0.4 is 10.1 Å². The number of nitrogens with zero attached hydrogens (tertiary/aromatic N) is 2. The molecule has 1 N–H and O–H groups in total. The minimum Gasteiger partial charge on any atom is -0.497 e. The molecule has 3 aromatic rings. The molecule has 0 aliphatic heterocycles. The van der Waals surface area contributed by atoms with Gasteiger partial charge < -0.3 is 10.1 Å². The molecule has 6 heteroatoms. The summed E-state index contributed by atoms with van der Waals surface area (Å²) < 4.78 is 5.24. The van der Waals surface area contributed by atoms with Crippen molar-refractivity contribution in [2.75, 3.05) is 12.4 Å². The van der Waals surface area contributed by atoms with Crippen LogP contribution in [0.5, 0.6) is 5.75 Å². The number of carbonyl (C=O) groups excluding carboxylic acids is 1. The maximum atomic E-state index is 13.1. The molecule has 144 valence electrons. The van der Waals surface area contributed by atoms with Crippen LogP contribution in [0.4, 0.5) is 5.69 Å². The van der Waals surface area contributed by atoms with Crippen LogP contribution in [0.1, 0.15) is 27.8 Å². The summed E-state index contributed by atoms with van der Waals surface area (Å²) >= 11 is 1.35. The highest BCUT2D eigenvalue weighted by Gasteiger charge is 2.24. The van der Waals surface area contributed by atoms with Crippen LogP contribution in [0.15, 0.2) is 59.8 Å². The smallest absolute Gasteiger partial charge is 0.242 e. The highest BCUT2D eigenvalue weighted by molar-refractivity contribution is 8.00. The topological polar surface area (TPSA) is 64.1 Å². The van der Waals surface area contributed by atoms with E-state index in [1.165, 1.54) is 11.8 Å². The van der Waals surface area contributed by atoms with E-state index in [0.29, 0.717) is 16.6 Å². The first-order valence-electron chi connectivity index (χ1n) is 8.96. The summed E-state index contributed by atoms with van der Waals surface area (Å²) in [5, 5.41) is 3.10. The summed E-state index contributed by atoms with van der Waals surface area (Å²) in [6.07, 6.45) is 0. The number of thioether (sulfide) groups is 1. The Balaban J connectivity index is 1.90. The fraction of sp³-hybridized carbons (Fsp3) is 0.227. The van der Waals surface area contributed by atoms with E-state index in [0.717, 1.165) is 22.5 Å². The number of hydrogen-bond acceptors (Lipinski definition) is 5. The Kier molecular flexibility index (Phi) is 6.31. The molecule has 0 bridgehead atoms. The van der Waals surface area contributed by atoms with Gasteiger partial charge >= 0.3 is 0 Å². The average Bonchev–Trinajstić information content (AvgIpc) is 2.70. The van der Waals surface area contributed by atoms with Gasteiger partial charge in [0.15, 0.2) is 5.16 Å². The number of nitrogens with one attached hydrogen (secondary N) is 1. The van der Waals surface area contributed by atoms with Gasteiger partial charge in [0, 0.05) is 23.1 Å². The molecule has 0 spiro atoms. The Hall–Kier alpha value is -2.86. The molecule has 5 nitrogen and oxygen atoms in total. The summed E-state index contributed by atoms with van der Waals surface area (Å²) in [4.78, 5) is 22.3. The van der Waals surface area contributed by atoms with Crippen molar-refractivity contribution in [3.05, 3.63) is 77.1 Å². The normalized spacial score (nSPS) is 11.7. The van der Waals surface area contributed by atoms with Crippen LogP contribution in [0.25, 0.3) is 0 Å². The van der Waals surface area contributed by atoms with Crippen LogP contribution in [-0.2, 0) is 4.79 Å². The maximum absolute atomic E-state index is 13.1. The van der Waals surface area contributed by atoms with Crippen molar-refractivity contribution in [2.45, 2.75) is 31.2 Å². The van der Waals surface area contributed by atoms with Crippen LogP contribution in [-0.4, -0.2) is 23.0 Å². The maximum Gasteiger partial charge on any atom is 0.242 e. The van der Waals surface area contributed by atoms with Crippen LogP contribution >= 0.6 is 11.8 Å². The van der Waals surface area contributed by atoms with Crippen LogP contribution in [0.3, 0.4) is 0 Å². The lowest BCUT2D eigenvalue weighted by Crippen LogP contribution is -2.19. The summed E-state index contributed by atoms with van der Waals surface area (Å²) in [5.41, 5.74) is 4.50. The number of aromatic nitrogens is 2. The minimum absolute atomic E-state index is 0.135. The second kappa shape index (κ2) is 8.89. The van der Waals surface area contributed by atoms with Gasteiger partial charge in [-0.3, -0.25) is 4.79 Å². The van der Waals surface area contributed by atoms with Crippen molar-refractivity contribution in [2.24, 2.45) is 0 Å². The number of carbonyl (C=O) groups is 1. The van der Waals surface area contributed by atoms with Gasteiger partial charge in [0.2, 0.25) is 5.91 Å². The molecular weight excluding hydrogens is 370 g/mol. The van der Waals surface area contributed by atoms with E-state index >= 15 is 0 Å². The Bertz CT molecular complexity index is 954. The third-order valence-corrected chi connectivity index (χ3v) is 5.63. The lowest BCUT2D eigenvalue weighted by Gasteiger charge is -2.17. The SMILES string of the molecule is COc1cccc(NC(=O)[C@@H](Sc2nc(C)c(C)c(C)n2)c2ccccc2)c1. The van der Waals surface area contributed by atoms with Crippen molar-refractivity contribution >= 4 is 23.4 Å². The van der Waals surface area contributed by atoms with Gasteiger partial charge in [0.1, 0.15) is 11.0 Å². The quantitative estimate of drug-likeness (QED) is 0.477. The minimum atomic E-state index is -0.478. The van der Waals surface area contributed by atoms with E-state index in [4.69, 9.17) is 4.74 Å². The van der Waals surface area contributed by atoms with E-state index in [2.05, 4.69) is 15.3 Å². The van der Waals surface area contributed by atoms with Crippen LogP contribution in [0, 0.1) is 20.8 Å². The van der Waals surface area contributed by atoms with Gasteiger partial charge in [-0.05, 0) is 44.0 Å². The summed E-state index contributed by atoms with van der Waals surface area (Å²) in [6, 6.07) is 17.0. The third kappa shape index (κ3) is 4.70. The number of benzene rings is 2. The monoisotopic (exact) mass is 393 g/mol. The number of rotatable bonds is 6. The molecule has 2 aromatic carbocycles. The molecule has 0 radical (unpaired) electrons. The van der Waals surface area contributed by atoms with Gasteiger partial charge in [0.25, 0.3) is 0 Å². The summed E-state index contributed by atoms with van der Waals surface area (Å²) in [7, 11) is 1.60. The third-order valence-electron chi connectivity index (χ3n) is 4.51. The Morgan fingerprint density at radius 2 is 1.68 bits per heavy atom. The number of hydrogen-bond donors (Lipinski definition) is 1. The number of ether oxygens (including phenoxy) is 1. The fourth-order valence-corrected chi connectivity index (χ4v) is 3.76. The highest BCUT2D eigenvalue weighted by Crippen LogP contribution is 2.35. The lowest BCUT2D eigenvalue weighted by atomic mass is 10.1. The van der Waals surface area contributed by atoms with Gasteiger partial charge in [-0.15, -0.1) is 0 Å². The van der Waals surface area contributed by atoms with Crippen molar-refractivity contribution in [1.29, 1.82) is 0 Å². The van der Waals surface area contributed by atoms with E-state index in [1.54, 1.807) is 13.2 Å². The molecular formula is C22H23N3O2S. The molecule has 0 aliphatic rings. The molecule has 0 saturated carbocycles. The largest absolute Gasteiger partial charge is 0.497 e. The molecule has 1 amide bonds. The first-order chi connectivity index (χ1) is 13.5. The van der Waals surface area contributed by atoms with E-state index in [-0.39, 0.29) is 5.91 Å². The predicted octanol–water partition coefficient (Wildman–Crippen LogP) is 4.88. The number of methoxy groups -OCH3 is 1. The molecule has 0 fully saturated rings. The van der Waals surface area contributed by atoms with Crippen molar-refractivity contribution < 1.29 is 9.53 Å². The zero-order valence-electron chi connectivity index (χ0n) is 16.4. The van der Waals surface area contributed by atoms with Gasteiger partial charge in [-0.1, -0.05) is 48.2 Å². The Morgan fingerprint density at radius 1 is 1.00 bits per heavy atom. The molecule has 3 rings (SSSR count). The zero-order chi connectivity index (χ0) is 20.1. The number of anilines is 1. The molecule has 28 heavy (non-hydrogen) atoms. The van der Waals surface area contributed by atoms with E-state index in [9.17, 15) is 4.79 Å². The average molecular weight is 394 g/mol. The number of amides is 1. The first-order valence-corrected chi connectivity index (χ1v) is 9.84. The van der Waals surface area contributed by atoms with E-state index in [1.807, 2.05) is 69.3 Å². The zero-order valence-corrected chi connectivity index (χ0v) is 17.2. The molecule has 0 aliphatic carbocycles. The lowest BCUT2D eigenvalue weighted by molar-refractivity contribution is -0.115. The van der Waals surface area contributed by atoms with Gasteiger partial charge in [-0.2, -0.15) is 0 Å². The standard InChI is InChI=1S/C22H23N3O2S/c1-14-15(2)23-22(24-16(14)3)28-20(17-9-6-5-7-10-17)21(26)25-18-11-8-12-19(13-18)27-4/h5-13,20H,1-4H3,(H,25,26)/t20-/m0/s1. The predicted molar refractivity (Wildman–Crippen MR) is 113 cm³/mol. The fourth-order valence-electron chi connectivity index (χ4n) is 2.71. The Morgan fingerprint density at radius 3 is 2.32 bits per heavy atom. The van der Waals surface area contributed by atoms with Gasteiger partial charge in [-0.25, -0.2) is 9.97 Å². The highest BCUT2D eigenvalue weighted by atomic mass is 32.2. The summed E-state index contributed by atoms with van der Waals surface area (Å²) in [5.74, 6) is 0.554. The van der Waals surface area contributed by atoms with Crippen LogP contribution in [0.2, 0.25) is 0 Å². The molecule has 0 saturated heterocycles. The molecule has 1 aromatic heterocycles. The Labute approximate surface area is 169 Å². The second-order valence-corrected chi connectivity index (χ2v) is 7.50. The van der Waals surface area contributed by atoms with Crippen molar-refractivity contribution in [3.8, 4) is 5.75 Å². The number of aryl methyl sites for hydroxylation is 2. The first kappa shape index (κ1) is 19.9. The van der Waals surface area contributed by atoms with Crippen molar-refractivity contribution in [1.82, 2.24) is 9.97 Å². The van der Waals surface area contributed by atoms with Crippen molar-refractivity contribution in [3.63, 3.8) is 0 Å². The second-order valence-electron chi connectivity index (χ2n) is 6.43. The summed E-state index contributed by atoms with van der Waals surface area (Å²) in [6.45, 7) is 5.92.